The predicted molar refractivity (Wildman–Crippen MR) is 112 cm³/mol. The molecule has 0 aliphatic heterocycles. The molecule has 0 aliphatic rings. The van der Waals surface area contributed by atoms with Crippen LogP contribution >= 0.6 is 0 Å². The van der Waals surface area contributed by atoms with Crippen LogP contribution in [0.25, 0.3) is 0 Å². The number of carbonyl (C=O) groups is 1. The summed E-state index contributed by atoms with van der Waals surface area (Å²) in [6, 6.07) is 0. The maximum atomic E-state index is 12.9. The third-order valence-corrected chi connectivity index (χ3v) is 5.89. The second-order valence-electron chi connectivity index (χ2n) is 7.83. The van der Waals surface area contributed by atoms with Crippen molar-refractivity contribution < 1.29 is 31.3 Å². The highest BCUT2D eigenvalue weighted by Gasteiger charge is 2.45. The Balaban J connectivity index is 3.36. The Bertz CT molecular complexity index is 509. The molecule has 0 heterocycles. The predicted octanol–water partition coefficient (Wildman–Crippen LogP) is 6.66. The number of alkyl halides is 2. The first-order valence-electron chi connectivity index (χ1n) is 11.2. The van der Waals surface area contributed by atoms with E-state index in [9.17, 15) is 22.0 Å². The van der Waals surface area contributed by atoms with Crippen LogP contribution in [-0.2, 0) is 19.6 Å². The highest BCUT2D eigenvalue weighted by atomic mass is 32.2. The van der Waals surface area contributed by atoms with E-state index in [1.54, 1.807) is 0 Å². The number of ether oxygens (including phenoxy) is 1. The van der Waals surface area contributed by atoms with E-state index in [0.717, 1.165) is 19.3 Å². The van der Waals surface area contributed by atoms with Gasteiger partial charge in [0.25, 0.3) is 0 Å². The molecule has 0 saturated heterocycles. The normalized spacial score (nSPS) is 12.3. The van der Waals surface area contributed by atoms with Crippen molar-refractivity contribution in [3.8, 4) is 0 Å². The number of rotatable bonds is 20. The van der Waals surface area contributed by atoms with Gasteiger partial charge < -0.3 is 4.74 Å². The SMILES string of the molecule is CCCCCCCCCCCCCCCCCCC(=O)OCC(F)(F)S(=O)(=O)O. The molecule has 0 spiro atoms. The molecule has 174 valence electrons. The van der Waals surface area contributed by atoms with Gasteiger partial charge >= 0.3 is 21.3 Å². The van der Waals surface area contributed by atoms with Crippen LogP contribution in [0.3, 0.4) is 0 Å². The van der Waals surface area contributed by atoms with Crippen molar-refractivity contribution in [2.45, 2.75) is 121 Å². The van der Waals surface area contributed by atoms with E-state index in [2.05, 4.69) is 11.7 Å². The molecule has 8 heteroatoms. The minimum absolute atomic E-state index is 0.0278. The van der Waals surface area contributed by atoms with Gasteiger partial charge in [-0.3, -0.25) is 9.35 Å². The number of hydrogen-bond donors (Lipinski definition) is 1. The maximum absolute atomic E-state index is 12.9. The molecule has 0 aromatic heterocycles. The topological polar surface area (TPSA) is 80.7 Å². The van der Waals surface area contributed by atoms with Gasteiger partial charge in [-0.1, -0.05) is 103 Å². The number of carbonyl (C=O) groups excluding carboxylic acids is 1. The summed E-state index contributed by atoms with van der Waals surface area (Å²) in [5.41, 5.74) is 0. The fourth-order valence-electron chi connectivity index (χ4n) is 3.13. The molecule has 0 fully saturated rings. The molecule has 5 nitrogen and oxygen atoms in total. The van der Waals surface area contributed by atoms with Gasteiger partial charge in [-0.2, -0.15) is 17.2 Å². The summed E-state index contributed by atoms with van der Waals surface area (Å²) in [5, 5.41) is -4.46. The van der Waals surface area contributed by atoms with E-state index < -0.39 is 27.9 Å². The van der Waals surface area contributed by atoms with Crippen molar-refractivity contribution >= 4 is 16.1 Å². The molecule has 0 rings (SSSR count). The molecule has 1 N–H and O–H groups in total. The average Bonchev–Trinajstić information content (AvgIpc) is 2.65. The first-order valence-corrected chi connectivity index (χ1v) is 12.6. The van der Waals surface area contributed by atoms with Crippen LogP contribution in [-0.4, -0.2) is 30.8 Å². The van der Waals surface area contributed by atoms with E-state index in [1.165, 1.54) is 77.0 Å². The Morgan fingerprint density at radius 1 is 0.759 bits per heavy atom. The van der Waals surface area contributed by atoms with Crippen molar-refractivity contribution in [1.82, 2.24) is 0 Å². The molecule has 0 atom stereocenters. The summed E-state index contributed by atoms with van der Waals surface area (Å²) in [6.07, 6.45) is 19.2. The fourth-order valence-corrected chi connectivity index (χ4v) is 3.34. The van der Waals surface area contributed by atoms with Crippen molar-refractivity contribution in [2.24, 2.45) is 0 Å². The van der Waals surface area contributed by atoms with Crippen LogP contribution < -0.4 is 0 Å². The van der Waals surface area contributed by atoms with Gasteiger partial charge in [0.15, 0.2) is 6.61 Å². The summed E-state index contributed by atoms with van der Waals surface area (Å²) in [6.45, 7) is 0.589. The Labute approximate surface area is 175 Å². The standard InChI is InChI=1S/C21H40F2O5S/c1-2-3-4-5-6-7-8-9-10-11-12-13-14-15-16-17-18-20(24)28-19-21(22,23)29(25,26)27/h2-19H2,1H3,(H,25,26,27). The largest absolute Gasteiger partial charge is 0.458 e. The molecular weight excluding hydrogens is 402 g/mol. The smallest absolute Gasteiger partial charge is 0.402 e. The number of halogens is 2. The zero-order chi connectivity index (χ0) is 22.0. The van der Waals surface area contributed by atoms with Crippen LogP contribution in [0.15, 0.2) is 0 Å². The highest BCUT2D eigenvalue weighted by molar-refractivity contribution is 7.86. The van der Waals surface area contributed by atoms with E-state index in [1.807, 2.05) is 0 Å². The second-order valence-corrected chi connectivity index (χ2v) is 9.37. The molecule has 0 bridgehead atoms. The lowest BCUT2D eigenvalue weighted by atomic mass is 10.0. The van der Waals surface area contributed by atoms with E-state index in [-0.39, 0.29) is 6.42 Å². The third kappa shape index (κ3) is 16.7. The lowest BCUT2D eigenvalue weighted by Gasteiger charge is -2.12. The lowest BCUT2D eigenvalue weighted by Crippen LogP contribution is -2.34. The monoisotopic (exact) mass is 442 g/mol. The first-order chi connectivity index (χ1) is 13.7. The molecule has 0 radical (unpaired) electrons. The Morgan fingerprint density at radius 2 is 1.10 bits per heavy atom. The zero-order valence-corrected chi connectivity index (χ0v) is 18.8. The molecule has 29 heavy (non-hydrogen) atoms. The average molecular weight is 443 g/mol. The molecular formula is C21H40F2O5S. The van der Waals surface area contributed by atoms with Crippen molar-refractivity contribution in [2.75, 3.05) is 6.61 Å². The minimum atomic E-state index is -5.56. The molecule has 0 amide bonds. The second kappa shape index (κ2) is 17.0. The third-order valence-electron chi connectivity index (χ3n) is 5.01. The minimum Gasteiger partial charge on any atom is -0.458 e. The quantitative estimate of drug-likeness (QED) is 0.129. The van der Waals surface area contributed by atoms with Crippen LogP contribution in [0.5, 0.6) is 0 Å². The number of hydrogen-bond acceptors (Lipinski definition) is 4. The number of unbranched alkanes of at least 4 members (excludes halogenated alkanes) is 15. The fraction of sp³-hybridized carbons (Fsp3) is 0.952. The lowest BCUT2D eigenvalue weighted by molar-refractivity contribution is -0.149. The van der Waals surface area contributed by atoms with Crippen LogP contribution in [0.4, 0.5) is 8.78 Å². The zero-order valence-electron chi connectivity index (χ0n) is 18.0. The van der Waals surface area contributed by atoms with E-state index >= 15 is 0 Å². The molecule has 0 aliphatic carbocycles. The Kier molecular flexibility index (Phi) is 16.5. The van der Waals surface area contributed by atoms with Gasteiger partial charge in [-0.25, -0.2) is 0 Å². The van der Waals surface area contributed by atoms with Crippen molar-refractivity contribution in [3.05, 3.63) is 0 Å². The van der Waals surface area contributed by atoms with Gasteiger partial charge in [-0.15, -0.1) is 0 Å². The Morgan fingerprint density at radius 3 is 1.45 bits per heavy atom. The van der Waals surface area contributed by atoms with E-state index in [0.29, 0.717) is 6.42 Å². The van der Waals surface area contributed by atoms with Gasteiger partial charge in [0.1, 0.15) is 0 Å². The summed E-state index contributed by atoms with van der Waals surface area (Å²) in [4.78, 5) is 11.3. The van der Waals surface area contributed by atoms with Crippen molar-refractivity contribution in [1.29, 1.82) is 0 Å². The Hall–Kier alpha value is -0.760. The van der Waals surface area contributed by atoms with Crippen LogP contribution in [0.1, 0.15) is 116 Å². The summed E-state index contributed by atoms with van der Waals surface area (Å²) >= 11 is 0. The van der Waals surface area contributed by atoms with Gasteiger partial charge in [0.2, 0.25) is 0 Å². The van der Waals surface area contributed by atoms with Crippen molar-refractivity contribution in [3.63, 3.8) is 0 Å². The van der Waals surface area contributed by atoms with Crippen LogP contribution in [0.2, 0.25) is 0 Å². The molecule has 0 unspecified atom stereocenters. The highest BCUT2D eigenvalue weighted by Crippen LogP contribution is 2.21. The van der Waals surface area contributed by atoms with Gasteiger partial charge in [0, 0.05) is 6.42 Å². The van der Waals surface area contributed by atoms with Gasteiger partial charge in [-0.05, 0) is 6.42 Å². The summed E-state index contributed by atoms with van der Waals surface area (Å²) in [7, 11) is -5.56. The summed E-state index contributed by atoms with van der Waals surface area (Å²) < 4.78 is 59.2. The number of esters is 1. The van der Waals surface area contributed by atoms with E-state index in [4.69, 9.17) is 4.55 Å². The molecule has 0 aromatic rings. The van der Waals surface area contributed by atoms with Crippen LogP contribution in [0, 0.1) is 0 Å². The van der Waals surface area contributed by atoms with Gasteiger partial charge in [0.05, 0.1) is 0 Å². The maximum Gasteiger partial charge on any atom is 0.402 e. The first kappa shape index (κ1) is 28.2. The molecule has 0 saturated carbocycles. The molecule has 0 aromatic carbocycles. The summed E-state index contributed by atoms with van der Waals surface area (Å²) in [5.74, 6) is -0.876.